The zero-order valence-corrected chi connectivity index (χ0v) is 11.0. The van der Waals surface area contributed by atoms with Crippen molar-refractivity contribution in [1.82, 2.24) is 19.6 Å². The molecule has 0 amide bonds. The van der Waals surface area contributed by atoms with E-state index in [9.17, 15) is 10.1 Å². The van der Waals surface area contributed by atoms with Gasteiger partial charge < -0.3 is 10.1 Å². The van der Waals surface area contributed by atoms with Gasteiger partial charge in [-0.05, 0) is 50.1 Å². The van der Waals surface area contributed by atoms with Crippen LogP contribution in [0, 0.1) is 10.1 Å². The predicted octanol–water partition coefficient (Wildman–Crippen LogP) is 2.46. The molecule has 0 bridgehead atoms. The van der Waals surface area contributed by atoms with E-state index < -0.39 is 4.92 Å². The van der Waals surface area contributed by atoms with Gasteiger partial charge in [-0.2, -0.15) is 5.10 Å². The Morgan fingerprint density at radius 2 is 2.16 bits per heavy atom. The highest BCUT2D eigenvalue weighted by Crippen LogP contribution is 2.26. The Kier molecular flexibility index (Phi) is 2.71. The highest BCUT2D eigenvalue weighted by Gasteiger charge is 2.18. The number of hydrogen-bond donors (Lipinski definition) is 0. The fourth-order valence-electron chi connectivity index (χ4n) is 1.73. The molecule has 0 spiro atoms. The first-order valence-corrected chi connectivity index (χ1v) is 6.06. The maximum atomic E-state index is 10.9. The van der Waals surface area contributed by atoms with E-state index in [-0.39, 0.29) is 5.82 Å². The second-order valence-electron chi connectivity index (χ2n) is 3.72. The first-order chi connectivity index (χ1) is 9.15. The largest absolute Gasteiger partial charge is 0.372 e. The van der Waals surface area contributed by atoms with E-state index in [4.69, 9.17) is 0 Å². The summed E-state index contributed by atoms with van der Waals surface area (Å²) in [5.41, 5.74) is 1.44. The molecule has 94 valence electrons. The molecular weight excluding hydrogens is 314 g/mol. The van der Waals surface area contributed by atoms with Crippen LogP contribution in [-0.4, -0.2) is 24.5 Å². The summed E-state index contributed by atoms with van der Waals surface area (Å²) in [4.78, 5) is 18.5. The molecule has 0 aliphatic heterocycles. The van der Waals surface area contributed by atoms with E-state index in [1.807, 2.05) is 0 Å². The molecule has 0 aliphatic carbocycles. The van der Waals surface area contributed by atoms with Crippen molar-refractivity contribution in [2.45, 2.75) is 0 Å². The minimum absolute atomic E-state index is 0.218. The van der Waals surface area contributed by atoms with Crippen molar-refractivity contribution in [3.63, 3.8) is 0 Å². The Morgan fingerprint density at radius 1 is 1.32 bits per heavy atom. The molecule has 0 aliphatic rings. The summed E-state index contributed by atoms with van der Waals surface area (Å²) in [5.74, 6) is -0.218. The van der Waals surface area contributed by atoms with Gasteiger partial charge in [-0.3, -0.25) is 0 Å². The molecule has 7 nitrogen and oxygen atoms in total. The summed E-state index contributed by atoms with van der Waals surface area (Å²) in [6.45, 7) is 0. The zero-order chi connectivity index (χ0) is 13.4. The molecule has 0 unspecified atom stereocenters. The van der Waals surface area contributed by atoms with Crippen molar-refractivity contribution in [2.24, 2.45) is 0 Å². The van der Waals surface area contributed by atoms with Crippen molar-refractivity contribution in [3.8, 4) is 11.3 Å². The molecule has 3 rings (SSSR count). The number of imidazole rings is 1. The fraction of sp³-hybridized carbons (Fsp3) is 0. The Balaban J connectivity index is 2.22. The summed E-state index contributed by atoms with van der Waals surface area (Å²) >= 11 is 3.26. The van der Waals surface area contributed by atoms with Gasteiger partial charge in [0.1, 0.15) is 10.8 Å². The van der Waals surface area contributed by atoms with E-state index >= 15 is 0 Å². The SMILES string of the molecule is O=[N+]([O-])c1ncccc1-c1cn2nc(Br)ccc2n1. The second kappa shape index (κ2) is 4.39. The molecule has 3 aromatic rings. The average Bonchev–Trinajstić information content (AvgIpc) is 2.81. The molecule has 19 heavy (non-hydrogen) atoms. The molecular formula is C11H6BrN5O2. The van der Waals surface area contributed by atoms with Crippen LogP contribution in [0.2, 0.25) is 0 Å². The third-order valence-corrected chi connectivity index (χ3v) is 2.95. The van der Waals surface area contributed by atoms with E-state index in [1.54, 1.807) is 35.0 Å². The summed E-state index contributed by atoms with van der Waals surface area (Å²) in [7, 11) is 0. The van der Waals surface area contributed by atoms with Gasteiger partial charge >= 0.3 is 5.82 Å². The van der Waals surface area contributed by atoms with Gasteiger partial charge in [0, 0.05) is 0 Å². The average molecular weight is 320 g/mol. The maximum Gasteiger partial charge on any atom is 0.372 e. The van der Waals surface area contributed by atoms with Crippen LogP contribution in [-0.2, 0) is 0 Å². The molecule has 0 radical (unpaired) electrons. The summed E-state index contributed by atoms with van der Waals surface area (Å²) in [5, 5.41) is 15.1. The molecule has 3 aromatic heterocycles. The Morgan fingerprint density at radius 3 is 2.95 bits per heavy atom. The van der Waals surface area contributed by atoms with Crippen molar-refractivity contribution in [1.29, 1.82) is 0 Å². The predicted molar refractivity (Wildman–Crippen MR) is 70.6 cm³/mol. The summed E-state index contributed by atoms with van der Waals surface area (Å²) in [6, 6.07) is 6.77. The smallest absolute Gasteiger partial charge is 0.358 e. The Labute approximate surface area is 115 Å². The lowest BCUT2D eigenvalue weighted by Crippen LogP contribution is -1.94. The number of nitro groups is 1. The highest BCUT2D eigenvalue weighted by atomic mass is 79.9. The number of fused-ring (bicyclic) bond motifs is 1. The van der Waals surface area contributed by atoms with Crippen LogP contribution in [0.4, 0.5) is 5.82 Å². The van der Waals surface area contributed by atoms with E-state index in [2.05, 4.69) is 31.0 Å². The lowest BCUT2D eigenvalue weighted by atomic mass is 10.2. The van der Waals surface area contributed by atoms with Crippen LogP contribution in [0.3, 0.4) is 0 Å². The molecule has 3 heterocycles. The highest BCUT2D eigenvalue weighted by molar-refractivity contribution is 9.10. The third-order valence-electron chi connectivity index (χ3n) is 2.52. The number of halogens is 1. The number of aromatic nitrogens is 4. The van der Waals surface area contributed by atoms with Gasteiger partial charge in [-0.15, -0.1) is 0 Å². The molecule has 0 saturated heterocycles. The first-order valence-electron chi connectivity index (χ1n) is 5.27. The maximum absolute atomic E-state index is 10.9. The topological polar surface area (TPSA) is 86.2 Å². The van der Waals surface area contributed by atoms with Crippen LogP contribution in [0.1, 0.15) is 0 Å². The minimum Gasteiger partial charge on any atom is -0.358 e. The molecule has 0 aromatic carbocycles. The molecule has 0 atom stereocenters. The van der Waals surface area contributed by atoms with Crippen LogP contribution in [0.5, 0.6) is 0 Å². The lowest BCUT2D eigenvalue weighted by Gasteiger charge is -1.97. The van der Waals surface area contributed by atoms with Crippen molar-refractivity contribution in [3.05, 3.63) is 51.4 Å². The van der Waals surface area contributed by atoms with Gasteiger partial charge in [0.15, 0.2) is 5.65 Å². The number of pyridine rings is 1. The first kappa shape index (κ1) is 11.7. The van der Waals surface area contributed by atoms with Crippen LogP contribution in [0.25, 0.3) is 16.9 Å². The van der Waals surface area contributed by atoms with Gasteiger partial charge in [0.25, 0.3) is 0 Å². The summed E-state index contributed by atoms with van der Waals surface area (Å²) in [6.07, 6.45) is 3.01. The van der Waals surface area contributed by atoms with E-state index in [0.29, 0.717) is 21.5 Å². The number of nitrogens with zero attached hydrogens (tertiary/aromatic N) is 5. The summed E-state index contributed by atoms with van der Waals surface area (Å²) < 4.78 is 2.21. The van der Waals surface area contributed by atoms with E-state index in [0.717, 1.165) is 0 Å². The lowest BCUT2D eigenvalue weighted by molar-refractivity contribution is -0.388. The van der Waals surface area contributed by atoms with Crippen LogP contribution in [0.15, 0.2) is 41.3 Å². The van der Waals surface area contributed by atoms with Crippen molar-refractivity contribution in [2.75, 3.05) is 0 Å². The van der Waals surface area contributed by atoms with Crippen LogP contribution < -0.4 is 0 Å². The standard InChI is InChI=1S/C11H6BrN5O2/c12-9-3-4-10-14-8(6-16(10)15-9)7-2-1-5-13-11(7)17(18)19/h1-6H. The minimum atomic E-state index is -0.525. The van der Waals surface area contributed by atoms with E-state index in [1.165, 1.54) is 6.20 Å². The van der Waals surface area contributed by atoms with Crippen LogP contribution >= 0.6 is 15.9 Å². The molecule has 8 heteroatoms. The number of hydrogen-bond acceptors (Lipinski definition) is 5. The third kappa shape index (κ3) is 2.06. The van der Waals surface area contributed by atoms with Crippen molar-refractivity contribution < 1.29 is 4.92 Å². The molecule has 0 fully saturated rings. The fourth-order valence-corrected chi connectivity index (χ4v) is 2.03. The van der Waals surface area contributed by atoms with Gasteiger partial charge in [0.2, 0.25) is 0 Å². The zero-order valence-electron chi connectivity index (χ0n) is 9.39. The van der Waals surface area contributed by atoms with Gasteiger partial charge in [-0.25, -0.2) is 9.50 Å². The second-order valence-corrected chi connectivity index (χ2v) is 4.53. The Bertz CT molecular complexity index is 786. The normalized spacial score (nSPS) is 10.8. The van der Waals surface area contributed by atoms with Crippen molar-refractivity contribution >= 4 is 27.4 Å². The number of rotatable bonds is 2. The monoisotopic (exact) mass is 319 g/mol. The van der Waals surface area contributed by atoms with Gasteiger partial charge in [0.05, 0.1) is 17.5 Å². The molecule has 0 saturated carbocycles. The quantitative estimate of drug-likeness (QED) is 0.535. The molecule has 0 N–H and O–H groups in total. The van der Waals surface area contributed by atoms with Gasteiger partial charge in [-0.1, -0.05) is 0 Å². The Hall–Kier alpha value is -2.35.